The van der Waals surface area contributed by atoms with Crippen LogP contribution in [0.1, 0.15) is 33.2 Å². The number of esters is 1. The molecule has 35 heavy (non-hydrogen) atoms. The lowest BCUT2D eigenvalue weighted by Crippen LogP contribution is -2.31. The van der Waals surface area contributed by atoms with E-state index < -0.39 is 17.8 Å². The van der Waals surface area contributed by atoms with Crippen LogP contribution in [0.15, 0.2) is 78.5 Å². The van der Waals surface area contributed by atoms with Crippen molar-refractivity contribution in [3.05, 3.63) is 95.2 Å². The van der Waals surface area contributed by atoms with Crippen LogP contribution in [0.2, 0.25) is 0 Å². The fourth-order valence-corrected chi connectivity index (χ4v) is 3.15. The van der Waals surface area contributed by atoms with Crippen LogP contribution >= 0.6 is 0 Å². The zero-order valence-corrected chi connectivity index (χ0v) is 19.7. The third-order valence-corrected chi connectivity index (χ3v) is 4.93. The zero-order valence-electron chi connectivity index (χ0n) is 19.7. The minimum atomic E-state index is -0.548. The first kappa shape index (κ1) is 25.0. The zero-order chi connectivity index (χ0) is 25.2. The number of methoxy groups -OCH3 is 2. The molecule has 8 heteroatoms. The smallest absolute Gasteiger partial charge is 0.338 e. The van der Waals surface area contributed by atoms with Crippen molar-refractivity contribution in [2.45, 2.75) is 6.92 Å². The molecule has 3 aromatic carbocycles. The van der Waals surface area contributed by atoms with E-state index in [4.69, 9.17) is 14.2 Å². The summed E-state index contributed by atoms with van der Waals surface area (Å²) in [6.45, 7) is 1.99. The Bertz CT molecular complexity index is 1220. The van der Waals surface area contributed by atoms with Crippen molar-refractivity contribution in [1.82, 2.24) is 5.32 Å². The Balaban J connectivity index is 1.86. The Kier molecular flexibility index (Phi) is 8.61. The van der Waals surface area contributed by atoms with E-state index in [1.165, 1.54) is 7.11 Å². The molecule has 3 aromatic rings. The number of benzene rings is 3. The van der Waals surface area contributed by atoms with Crippen LogP contribution in [-0.2, 0) is 9.53 Å². The van der Waals surface area contributed by atoms with Gasteiger partial charge in [0.05, 0.1) is 32.0 Å². The molecule has 0 saturated carbocycles. The van der Waals surface area contributed by atoms with Crippen molar-refractivity contribution in [1.29, 1.82) is 0 Å². The fourth-order valence-electron chi connectivity index (χ4n) is 3.15. The molecule has 0 aliphatic rings. The second-order valence-corrected chi connectivity index (χ2v) is 7.24. The van der Waals surface area contributed by atoms with Gasteiger partial charge in [0.1, 0.15) is 17.2 Å². The van der Waals surface area contributed by atoms with Gasteiger partial charge >= 0.3 is 5.97 Å². The molecule has 8 nitrogen and oxygen atoms in total. The number of carbonyl (C=O) groups excluding carboxylic acids is 3. The molecule has 3 rings (SSSR count). The monoisotopic (exact) mass is 474 g/mol. The Labute approximate surface area is 203 Å². The SMILES string of the molecule is CCOC(=O)c1ccc(NC(=O)C(=Cc2ccc(OC)cc2)NC(=O)c2ccccc2OC)cc1. The van der Waals surface area contributed by atoms with Gasteiger partial charge in [0.25, 0.3) is 11.8 Å². The second kappa shape index (κ2) is 12.0. The number of nitrogens with one attached hydrogen (secondary N) is 2. The van der Waals surface area contributed by atoms with E-state index in [9.17, 15) is 14.4 Å². The quantitative estimate of drug-likeness (QED) is 0.354. The van der Waals surface area contributed by atoms with Crippen LogP contribution in [0.25, 0.3) is 6.08 Å². The van der Waals surface area contributed by atoms with Crippen LogP contribution in [-0.4, -0.2) is 38.6 Å². The van der Waals surface area contributed by atoms with Gasteiger partial charge in [-0.15, -0.1) is 0 Å². The molecule has 0 radical (unpaired) electrons. The van der Waals surface area contributed by atoms with E-state index in [-0.39, 0.29) is 17.9 Å². The molecule has 0 unspecified atom stereocenters. The van der Waals surface area contributed by atoms with Gasteiger partial charge in [-0.2, -0.15) is 0 Å². The molecule has 0 saturated heterocycles. The molecule has 180 valence electrons. The first-order valence-electron chi connectivity index (χ1n) is 10.8. The maximum Gasteiger partial charge on any atom is 0.338 e. The van der Waals surface area contributed by atoms with E-state index >= 15 is 0 Å². The first-order chi connectivity index (χ1) is 16.9. The maximum atomic E-state index is 13.1. The van der Waals surface area contributed by atoms with Gasteiger partial charge in [-0.25, -0.2) is 4.79 Å². The molecule has 0 heterocycles. The lowest BCUT2D eigenvalue weighted by molar-refractivity contribution is -0.113. The summed E-state index contributed by atoms with van der Waals surface area (Å²) in [5.41, 5.74) is 1.77. The Morgan fingerprint density at radius 2 is 1.54 bits per heavy atom. The normalized spacial score (nSPS) is 10.8. The molecule has 0 atom stereocenters. The molecular weight excluding hydrogens is 448 g/mol. The molecule has 0 bridgehead atoms. The third-order valence-electron chi connectivity index (χ3n) is 4.93. The van der Waals surface area contributed by atoms with E-state index in [0.29, 0.717) is 28.3 Å². The standard InChI is InChI=1S/C27H26N2O6/c1-4-35-27(32)19-11-13-20(14-12-19)28-26(31)23(17-18-9-15-21(33-2)16-10-18)29-25(30)22-7-5-6-8-24(22)34-3/h5-17H,4H2,1-3H3,(H,28,31)(H,29,30). The summed E-state index contributed by atoms with van der Waals surface area (Å²) in [5.74, 6) is -0.464. The average molecular weight is 475 g/mol. The number of carbonyl (C=O) groups is 3. The highest BCUT2D eigenvalue weighted by Gasteiger charge is 2.18. The van der Waals surface area contributed by atoms with Crippen LogP contribution in [0.5, 0.6) is 11.5 Å². The number of hydrogen-bond acceptors (Lipinski definition) is 6. The van der Waals surface area contributed by atoms with E-state index in [2.05, 4.69) is 10.6 Å². The predicted molar refractivity (Wildman–Crippen MR) is 132 cm³/mol. The number of amides is 2. The highest BCUT2D eigenvalue weighted by molar-refractivity contribution is 6.11. The van der Waals surface area contributed by atoms with E-state index in [1.54, 1.807) is 92.9 Å². The predicted octanol–water partition coefficient (Wildman–Crippen LogP) is 4.29. The Hall–Kier alpha value is -4.59. The van der Waals surface area contributed by atoms with Gasteiger partial charge in [0.15, 0.2) is 0 Å². The first-order valence-corrected chi connectivity index (χ1v) is 10.8. The van der Waals surface area contributed by atoms with Crippen molar-refractivity contribution >= 4 is 29.5 Å². The lowest BCUT2D eigenvalue weighted by Gasteiger charge is -2.13. The topological polar surface area (TPSA) is 103 Å². The molecule has 0 aliphatic carbocycles. The molecule has 2 N–H and O–H groups in total. The third kappa shape index (κ3) is 6.70. The Morgan fingerprint density at radius 3 is 2.17 bits per heavy atom. The number of para-hydroxylation sites is 1. The molecule has 0 aromatic heterocycles. The van der Waals surface area contributed by atoms with Crippen molar-refractivity contribution < 1.29 is 28.6 Å². The van der Waals surface area contributed by atoms with Gasteiger partial charge in [-0.3, -0.25) is 9.59 Å². The van der Waals surface area contributed by atoms with Crippen LogP contribution < -0.4 is 20.1 Å². The number of anilines is 1. The number of ether oxygens (including phenoxy) is 3. The number of hydrogen-bond donors (Lipinski definition) is 2. The molecule has 0 aliphatic heterocycles. The van der Waals surface area contributed by atoms with Gasteiger partial charge < -0.3 is 24.8 Å². The minimum Gasteiger partial charge on any atom is -0.497 e. The fraction of sp³-hybridized carbons (Fsp3) is 0.148. The summed E-state index contributed by atoms with van der Waals surface area (Å²) in [4.78, 5) is 38.0. The maximum absolute atomic E-state index is 13.1. The molecule has 2 amide bonds. The molecule has 0 spiro atoms. The molecular formula is C27H26N2O6. The summed E-state index contributed by atoms with van der Waals surface area (Å²) in [6.07, 6.45) is 1.55. The van der Waals surface area contributed by atoms with Gasteiger partial charge in [-0.05, 0) is 67.1 Å². The summed E-state index contributed by atoms with van der Waals surface area (Å²) >= 11 is 0. The highest BCUT2D eigenvalue weighted by Crippen LogP contribution is 2.19. The van der Waals surface area contributed by atoms with Gasteiger partial charge in [-0.1, -0.05) is 24.3 Å². The summed E-state index contributed by atoms with van der Waals surface area (Å²) in [5, 5.41) is 5.41. The van der Waals surface area contributed by atoms with E-state index in [0.717, 1.165) is 0 Å². The second-order valence-electron chi connectivity index (χ2n) is 7.24. The van der Waals surface area contributed by atoms with Gasteiger partial charge in [0.2, 0.25) is 0 Å². The molecule has 0 fully saturated rings. The van der Waals surface area contributed by atoms with Crippen molar-refractivity contribution in [3.8, 4) is 11.5 Å². The van der Waals surface area contributed by atoms with Crippen LogP contribution in [0, 0.1) is 0 Å². The number of rotatable bonds is 9. The van der Waals surface area contributed by atoms with Gasteiger partial charge in [0, 0.05) is 5.69 Å². The Morgan fingerprint density at radius 1 is 0.857 bits per heavy atom. The van der Waals surface area contributed by atoms with Crippen LogP contribution in [0.3, 0.4) is 0 Å². The van der Waals surface area contributed by atoms with Crippen LogP contribution in [0.4, 0.5) is 5.69 Å². The van der Waals surface area contributed by atoms with Crippen molar-refractivity contribution in [2.75, 3.05) is 26.1 Å². The summed E-state index contributed by atoms with van der Waals surface area (Å²) in [6, 6.07) is 20.0. The lowest BCUT2D eigenvalue weighted by atomic mass is 10.1. The summed E-state index contributed by atoms with van der Waals surface area (Å²) < 4.78 is 15.4. The van der Waals surface area contributed by atoms with Crippen molar-refractivity contribution in [2.24, 2.45) is 0 Å². The minimum absolute atomic E-state index is 0.0144. The van der Waals surface area contributed by atoms with E-state index in [1.807, 2.05) is 0 Å². The highest BCUT2D eigenvalue weighted by atomic mass is 16.5. The largest absolute Gasteiger partial charge is 0.497 e. The van der Waals surface area contributed by atoms with Crippen molar-refractivity contribution in [3.63, 3.8) is 0 Å². The average Bonchev–Trinajstić information content (AvgIpc) is 2.89. The summed E-state index contributed by atoms with van der Waals surface area (Å²) in [7, 11) is 3.03.